The summed E-state index contributed by atoms with van der Waals surface area (Å²) in [5.74, 6) is -0.376. The van der Waals surface area contributed by atoms with Crippen molar-refractivity contribution in [2.75, 3.05) is 12.4 Å². The minimum absolute atomic E-state index is 0.179. The highest BCUT2D eigenvalue weighted by molar-refractivity contribution is 6.31. The lowest BCUT2D eigenvalue weighted by atomic mass is 10.2. The summed E-state index contributed by atoms with van der Waals surface area (Å²) in [7, 11) is 1.55. The molecule has 8 heteroatoms. The van der Waals surface area contributed by atoms with E-state index in [-0.39, 0.29) is 18.2 Å². The van der Waals surface area contributed by atoms with Gasteiger partial charge in [-0.05, 0) is 55.0 Å². The van der Waals surface area contributed by atoms with Crippen LogP contribution in [0, 0.1) is 6.92 Å². The molecule has 26 heavy (non-hydrogen) atoms. The third-order valence-electron chi connectivity index (χ3n) is 3.75. The smallest absolute Gasteiger partial charge is 0.278 e. The fourth-order valence-corrected chi connectivity index (χ4v) is 2.69. The van der Waals surface area contributed by atoms with Crippen LogP contribution in [0.1, 0.15) is 21.7 Å². The fourth-order valence-electron chi connectivity index (χ4n) is 2.45. The van der Waals surface area contributed by atoms with E-state index in [1.54, 1.807) is 54.3 Å². The van der Waals surface area contributed by atoms with Crippen molar-refractivity contribution in [2.45, 2.75) is 13.5 Å². The number of nitrogens with zero attached hydrogens (tertiary/aromatic N) is 3. The van der Waals surface area contributed by atoms with Gasteiger partial charge >= 0.3 is 0 Å². The number of rotatable bonds is 5. The number of aromatic nitrogens is 3. The molecule has 6 nitrogen and oxygen atoms in total. The van der Waals surface area contributed by atoms with Gasteiger partial charge in [0.25, 0.3) is 5.91 Å². The van der Waals surface area contributed by atoms with Gasteiger partial charge < -0.3 is 10.1 Å². The number of aryl methyl sites for hydroxylation is 1. The number of methoxy groups -OCH3 is 1. The molecule has 1 amide bonds. The van der Waals surface area contributed by atoms with E-state index in [1.165, 1.54) is 0 Å². The molecule has 0 spiro atoms. The molecule has 0 radical (unpaired) electrons. The van der Waals surface area contributed by atoms with Gasteiger partial charge in [0.2, 0.25) is 0 Å². The van der Waals surface area contributed by atoms with E-state index >= 15 is 0 Å². The van der Waals surface area contributed by atoms with E-state index in [1.807, 2.05) is 6.92 Å². The first-order valence-electron chi connectivity index (χ1n) is 7.76. The van der Waals surface area contributed by atoms with E-state index in [0.717, 1.165) is 11.3 Å². The SMILES string of the molecule is COCc1c(C(=O)Nc2ccc(Cl)c(C)c2)nnn1-c1ccc(Cl)cc1. The topological polar surface area (TPSA) is 69.0 Å². The summed E-state index contributed by atoms with van der Waals surface area (Å²) in [5.41, 5.74) is 2.95. The van der Waals surface area contributed by atoms with Crippen LogP contribution < -0.4 is 5.32 Å². The van der Waals surface area contributed by atoms with E-state index in [0.29, 0.717) is 21.4 Å². The van der Waals surface area contributed by atoms with Crippen molar-refractivity contribution in [3.05, 3.63) is 69.5 Å². The Morgan fingerprint density at radius 3 is 2.58 bits per heavy atom. The van der Waals surface area contributed by atoms with Crippen LogP contribution in [0.25, 0.3) is 5.69 Å². The van der Waals surface area contributed by atoms with Crippen molar-refractivity contribution in [3.8, 4) is 5.69 Å². The van der Waals surface area contributed by atoms with Crippen LogP contribution in [-0.4, -0.2) is 28.0 Å². The first-order valence-corrected chi connectivity index (χ1v) is 8.52. The molecule has 0 atom stereocenters. The Kier molecular flexibility index (Phi) is 5.56. The Bertz CT molecular complexity index is 939. The van der Waals surface area contributed by atoms with E-state index in [4.69, 9.17) is 27.9 Å². The van der Waals surface area contributed by atoms with Crippen LogP contribution in [0.4, 0.5) is 5.69 Å². The number of nitrogens with one attached hydrogen (secondary N) is 1. The minimum atomic E-state index is -0.376. The molecular formula is C18H16Cl2N4O2. The molecule has 0 saturated heterocycles. The lowest BCUT2D eigenvalue weighted by molar-refractivity contribution is 0.101. The molecule has 0 saturated carbocycles. The molecule has 0 fully saturated rings. The van der Waals surface area contributed by atoms with Crippen molar-refractivity contribution in [2.24, 2.45) is 0 Å². The minimum Gasteiger partial charge on any atom is -0.378 e. The summed E-state index contributed by atoms with van der Waals surface area (Å²) in [5, 5.41) is 12.2. The molecule has 0 aliphatic carbocycles. The quantitative estimate of drug-likeness (QED) is 0.705. The predicted molar refractivity (Wildman–Crippen MR) is 101 cm³/mol. The first-order chi connectivity index (χ1) is 12.5. The Labute approximate surface area is 160 Å². The van der Waals surface area contributed by atoms with Crippen molar-refractivity contribution in [3.63, 3.8) is 0 Å². The molecule has 0 aliphatic heterocycles. The summed E-state index contributed by atoms with van der Waals surface area (Å²) in [6.07, 6.45) is 0. The second kappa shape index (κ2) is 7.86. The number of benzene rings is 2. The van der Waals surface area contributed by atoms with Gasteiger partial charge in [-0.25, -0.2) is 4.68 Å². The van der Waals surface area contributed by atoms with Gasteiger partial charge in [-0.3, -0.25) is 4.79 Å². The summed E-state index contributed by atoms with van der Waals surface area (Å²) in [6.45, 7) is 2.04. The largest absolute Gasteiger partial charge is 0.378 e. The molecule has 134 valence electrons. The molecule has 1 N–H and O–H groups in total. The maximum Gasteiger partial charge on any atom is 0.278 e. The van der Waals surface area contributed by atoms with Gasteiger partial charge in [-0.2, -0.15) is 0 Å². The molecule has 0 aliphatic rings. The maximum absolute atomic E-state index is 12.7. The van der Waals surface area contributed by atoms with E-state index < -0.39 is 0 Å². The highest BCUT2D eigenvalue weighted by Crippen LogP contribution is 2.21. The van der Waals surface area contributed by atoms with E-state index in [2.05, 4.69) is 15.6 Å². The predicted octanol–water partition coefficient (Wildman–Crippen LogP) is 4.28. The zero-order chi connectivity index (χ0) is 18.7. The lowest BCUT2D eigenvalue weighted by Crippen LogP contribution is -2.16. The number of hydrogen-bond acceptors (Lipinski definition) is 4. The molecule has 0 unspecified atom stereocenters. The van der Waals surface area contributed by atoms with Crippen LogP contribution in [0.15, 0.2) is 42.5 Å². The Morgan fingerprint density at radius 2 is 1.92 bits per heavy atom. The monoisotopic (exact) mass is 390 g/mol. The van der Waals surface area contributed by atoms with Gasteiger partial charge in [-0.15, -0.1) is 5.10 Å². The van der Waals surface area contributed by atoms with Crippen LogP contribution in [0.3, 0.4) is 0 Å². The second-order valence-corrected chi connectivity index (χ2v) is 6.47. The molecule has 1 heterocycles. The van der Waals surface area contributed by atoms with Crippen molar-refractivity contribution in [1.82, 2.24) is 15.0 Å². The molecular weight excluding hydrogens is 375 g/mol. The molecule has 3 aromatic rings. The molecule has 2 aromatic carbocycles. The average Bonchev–Trinajstić information content (AvgIpc) is 3.03. The van der Waals surface area contributed by atoms with Crippen LogP contribution >= 0.6 is 23.2 Å². The zero-order valence-corrected chi connectivity index (χ0v) is 15.7. The van der Waals surface area contributed by atoms with Gasteiger partial charge in [0.05, 0.1) is 12.3 Å². The molecule has 3 rings (SSSR count). The number of anilines is 1. The van der Waals surface area contributed by atoms with E-state index in [9.17, 15) is 4.79 Å². The number of amides is 1. The third kappa shape index (κ3) is 3.88. The van der Waals surface area contributed by atoms with Gasteiger partial charge in [0.1, 0.15) is 5.69 Å². The van der Waals surface area contributed by atoms with Gasteiger partial charge in [0.15, 0.2) is 5.69 Å². The van der Waals surface area contributed by atoms with Crippen LogP contribution in [0.2, 0.25) is 10.0 Å². The first kappa shape index (κ1) is 18.4. The number of hydrogen-bond donors (Lipinski definition) is 1. The second-order valence-electron chi connectivity index (χ2n) is 5.62. The van der Waals surface area contributed by atoms with Gasteiger partial charge in [0, 0.05) is 22.8 Å². The maximum atomic E-state index is 12.7. The Morgan fingerprint density at radius 1 is 1.19 bits per heavy atom. The standard InChI is InChI=1S/C18H16Cl2N4O2/c1-11-9-13(5-8-15(11)20)21-18(25)17-16(10-26-2)24(23-22-17)14-6-3-12(19)4-7-14/h3-9H,10H2,1-2H3,(H,21,25). The highest BCUT2D eigenvalue weighted by atomic mass is 35.5. The number of carbonyl (C=O) groups excluding carboxylic acids is 1. The zero-order valence-electron chi connectivity index (χ0n) is 14.2. The lowest BCUT2D eigenvalue weighted by Gasteiger charge is -2.09. The van der Waals surface area contributed by atoms with Crippen molar-refractivity contribution < 1.29 is 9.53 Å². The number of carbonyl (C=O) groups is 1. The fraction of sp³-hybridized carbons (Fsp3) is 0.167. The van der Waals surface area contributed by atoms with Crippen molar-refractivity contribution >= 4 is 34.8 Å². The van der Waals surface area contributed by atoms with Crippen LogP contribution in [-0.2, 0) is 11.3 Å². The third-order valence-corrected chi connectivity index (χ3v) is 4.42. The average molecular weight is 391 g/mol. The molecule has 1 aromatic heterocycles. The normalized spacial score (nSPS) is 10.8. The summed E-state index contributed by atoms with van der Waals surface area (Å²) in [6, 6.07) is 12.3. The summed E-state index contributed by atoms with van der Waals surface area (Å²) >= 11 is 11.9. The Balaban J connectivity index is 1.92. The Hall–Kier alpha value is -2.41. The number of halogens is 2. The highest BCUT2D eigenvalue weighted by Gasteiger charge is 2.21. The van der Waals surface area contributed by atoms with Crippen LogP contribution in [0.5, 0.6) is 0 Å². The number of ether oxygens (including phenoxy) is 1. The molecule has 0 bridgehead atoms. The van der Waals surface area contributed by atoms with Crippen molar-refractivity contribution in [1.29, 1.82) is 0 Å². The summed E-state index contributed by atoms with van der Waals surface area (Å²) < 4.78 is 6.78. The summed E-state index contributed by atoms with van der Waals surface area (Å²) in [4.78, 5) is 12.7. The van der Waals surface area contributed by atoms with Gasteiger partial charge in [-0.1, -0.05) is 28.4 Å².